The predicted octanol–water partition coefficient (Wildman–Crippen LogP) is 0.820. The van der Waals surface area contributed by atoms with Crippen molar-refractivity contribution in [2.45, 2.75) is 18.8 Å². The van der Waals surface area contributed by atoms with Crippen LogP contribution in [0.5, 0.6) is 5.75 Å². The fourth-order valence-electron chi connectivity index (χ4n) is 3.21. The van der Waals surface area contributed by atoms with E-state index in [1.54, 1.807) is 12.0 Å². The molecule has 0 bridgehead atoms. The Balaban J connectivity index is 1.37. The van der Waals surface area contributed by atoms with E-state index < -0.39 is 0 Å². The number of imide groups is 1. The largest absolute Gasteiger partial charge is 0.496 e. The highest BCUT2D eigenvalue weighted by Gasteiger charge is 2.38. The number of likely N-dealkylation sites (tertiary alicyclic amines) is 2. The van der Waals surface area contributed by atoms with Gasteiger partial charge in [0.25, 0.3) is 0 Å². The Kier molecular flexibility index (Phi) is 4.35. The van der Waals surface area contributed by atoms with Crippen LogP contribution >= 0.6 is 0 Å². The smallest absolute Gasteiger partial charge is 0.242 e. The number of hydrogen-bond acceptors (Lipinski definition) is 7. The van der Waals surface area contributed by atoms with Crippen LogP contribution in [-0.2, 0) is 14.4 Å². The third-order valence-corrected chi connectivity index (χ3v) is 4.82. The summed E-state index contributed by atoms with van der Waals surface area (Å²) >= 11 is 0. The van der Waals surface area contributed by atoms with E-state index in [-0.39, 0.29) is 43.0 Å². The van der Waals surface area contributed by atoms with Gasteiger partial charge in [0.05, 0.1) is 18.6 Å². The van der Waals surface area contributed by atoms with E-state index in [1.807, 2.05) is 24.3 Å². The zero-order valence-electron chi connectivity index (χ0n) is 14.8. The van der Waals surface area contributed by atoms with Gasteiger partial charge in [0.2, 0.25) is 29.4 Å². The molecule has 2 saturated heterocycles. The molecule has 4 rings (SSSR count). The van der Waals surface area contributed by atoms with E-state index >= 15 is 0 Å². The zero-order chi connectivity index (χ0) is 19.0. The topological polar surface area (TPSA) is 106 Å². The van der Waals surface area contributed by atoms with Gasteiger partial charge in [-0.3, -0.25) is 19.3 Å². The number of nitrogens with zero attached hydrogens (tertiary/aromatic N) is 4. The number of rotatable bonds is 5. The van der Waals surface area contributed by atoms with Crippen molar-refractivity contribution in [3.63, 3.8) is 0 Å². The maximum atomic E-state index is 12.3. The van der Waals surface area contributed by atoms with Gasteiger partial charge in [-0.15, -0.1) is 0 Å². The number of hydrogen-bond donors (Lipinski definition) is 0. The molecule has 0 radical (unpaired) electrons. The fourth-order valence-corrected chi connectivity index (χ4v) is 3.21. The number of methoxy groups -OCH3 is 1. The van der Waals surface area contributed by atoms with Gasteiger partial charge in [-0.1, -0.05) is 17.3 Å². The lowest BCUT2D eigenvalue weighted by Gasteiger charge is -2.37. The maximum Gasteiger partial charge on any atom is 0.242 e. The summed E-state index contributed by atoms with van der Waals surface area (Å²) < 4.78 is 10.6. The summed E-state index contributed by atoms with van der Waals surface area (Å²) in [7, 11) is 1.57. The predicted molar refractivity (Wildman–Crippen MR) is 91.6 cm³/mol. The van der Waals surface area contributed by atoms with Gasteiger partial charge >= 0.3 is 0 Å². The van der Waals surface area contributed by atoms with Crippen LogP contribution in [0.4, 0.5) is 0 Å². The lowest BCUT2D eigenvalue weighted by Crippen LogP contribution is -2.52. The Morgan fingerprint density at radius 3 is 2.63 bits per heavy atom. The van der Waals surface area contributed by atoms with Crippen molar-refractivity contribution in [3.05, 3.63) is 30.2 Å². The summed E-state index contributed by atoms with van der Waals surface area (Å²) in [5.41, 5.74) is 0.730. The van der Waals surface area contributed by atoms with Crippen LogP contribution in [0.15, 0.2) is 28.8 Å². The van der Waals surface area contributed by atoms with E-state index in [4.69, 9.17) is 9.26 Å². The minimum absolute atomic E-state index is 0.0603. The molecule has 0 N–H and O–H groups in total. The number of amides is 3. The summed E-state index contributed by atoms with van der Waals surface area (Å²) in [4.78, 5) is 42.5. The van der Waals surface area contributed by atoms with Crippen molar-refractivity contribution in [2.24, 2.45) is 0 Å². The van der Waals surface area contributed by atoms with Crippen LogP contribution in [0.1, 0.15) is 24.7 Å². The molecule has 2 aliphatic rings. The first-order valence-electron chi connectivity index (χ1n) is 8.64. The van der Waals surface area contributed by atoms with Gasteiger partial charge in [-0.05, 0) is 12.1 Å². The van der Waals surface area contributed by atoms with Crippen LogP contribution in [0, 0.1) is 0 Å². The molecule has 140 valence electrons. The van der Waals surface area contributed by atoms with E-state index in [0.29, 0.717) is 30.6 Å². The molecular formula is C18H18N4O5. The van der Waals surface area contributed by atoms with Crippen LogP contribution in [0.25, 0.3) is 11.4 Å². The van der Waals surface area contributed by atoms with E-state index in [1.165, 1.54) is 0 Å². The number of ether oxygens (including phenoxy) is 1. The second kappa shape index (κ2) is 6.82. The molecule has 2 aromatic rings. The van der Waals surface area contributed by atoms with Gasteiger partial charge in [-0.2, -0.15) is 4.98 Å². The second-order valence-corrected chi connectivity index (χ2v) is 6.53. The molecule has 3 heterocycles. The average molecular weight is 370 g/mol. The fraction of sp³-hybridized carbons (Fsp3) is 0.389. The summed E-state index contributed by atoms with van der Waals surface area (Å²) in [6.45, 7) is 0.645. The first-order chi connectivity index (χ1) is 13.1. The standard InChI is InChI=1S/C18H18N4O5/c1-26-13-5-3-2-4-12(13)17-19-18(27-20-17)11-8-21(9-11)16(25)10-22-14(23)6-7-15(22)24/h2-5,11H,6-10H2,1H3. The molecule has 1 aromatic heterocycles. The summed E-state index contributed by atoms with van der Waals surface area (Å²) in [6, 6.07) is 7.37. The highest BCUT2D eigenvalue weighted by Crippen LogP contribution is 2.31. The zero-order valence-corrected chi connectivity index (χ0v) is 14.8. The molecule has 3 amide bonds. The summed E-state index contributed by atoms with van der Waals surface area (Å²) in [5.74, 6) is 0.644. The minimum atomic E-state index is -0.288. The summed E-state index contributed by atoms with van der Waals surface area (Å²) in [6.07, 6.45) is 0.366. The molecular weight excluding hydrogens is 352 g/mol. The van der Waals surface area contributed by atoms with Gasteiger partial charge in [0, 0.05) is 25.9 Å². The third kappa shape index (κ3) is 3.16. The molecule has 0 saturated carbocycles. The molecule has 1 aromatic carbocycles. The highest BCUT2D eigenvalue weighted by molar-refractivity contribution is 6.04. The monoisotopic (exact) mass is 370 g/mol. The van der Waals surface area contributed by atoms with Crippen LogP contribution in [0.2, 0.25) is 0 Å². The first kappa shape index (κ1) is 17.2. The minimum Gasteiger partial charge on any atom is -0.496 e. The van der Waals surface area contributed by atoms with Crippen LogP contribution in [-0.4, -0.2) is 64.4 Å². The maximum absolute atomic E-state index is 12.3. The molecule has 0 aliphatic carbocycles. The Bertz CT molecular complexity index is 887. The molecule has 2 fully saturated rings. The quantitative estimate of drug-likeness (QED) is 0.717. The Morgan fingerprint density at radius 2 is 1.93 bits per heavy atom. The van der Waals surface area contributed by atoms with Crippen molar-refractivity contribution in [2.75, 3.05) is 26.7 Å². The van der Waals surface area contributed by atoms with Gasteiger partial charge < -0.3 is 14.2 Å². The lowest BCUT2D eigenvalue weighted by atomic mass is 10.00. The summed E-state index contributed by atoms with van der Waals surface area (Å²) in [5, 5.41) is 4.00. The molecule has 27 heavy (non-hydrogen) atoms. The average Bonchev–Trinajstić information content (AvgIpc) is 3.23. The van der Waals surface area contributed by atoms with Gasteiger partial charge in [-0.25, -0.2) is 0 Å². The molecule has 0 spiro atoms. The number of para-hydroxylation sites is 1. The van der Waals surface area contributed by atoms with E-state index in [0.717, 1.165) is 10.5 Å². The highest BCUT2D eigenvalue weighted by atomic mass is 16.5. The number of aromatic nitrogens is 2. The number of carbonyl (C=O) groups is 3. The van der Waals surface area contributed by atoms with Crippen molar-refractivity contribution in [3.8, 4) is 17.1 Å². The molecule has 2 aliphatic heterocycles. The Morgan fingerprint density at radius 1 is 1.22 bits per heavy atom. The second-order valence-electron chi connectivity index (χ2n) is 6.53. The van der Waals surface area contributed by atoms with Crippen LogP contribution in [0.3, 0.4) is 0 Å². The van der Waals surface area contributed by atoms with Crippen molar-refractivity contribution in [1.29, 1.82) is 0 Å². The van der Waals surface area contributed by atoms with E-state index in [9.17, 15) is 14.4 Å². The Labute approximate surface area is 154 Å². The van der Waals surface area contributed by atoms with Crippen molar-refractivity contribution < 1.29 is 23.6 Å². The van der Waals surface area contributed by atoms with E-state index in [2.05, 4.69) is 10.1 Å². The Hall–Kier alpha value is -3.23. The van der Waals surface area contributed by atoms with Crippen LogP contribution < -0.4 is 4.74 Å². The van der Waals surface area contributed by atoms with Gasteiger partial charge in [0.1, 0.15) is 12.3 Å². The van der Waals surface area contributed by atoms with Gasteiger partial charge in [0.15, 0.2) is 0 Å². The number of benzene rings is 1. The van der Waals surface area contributed by atoms with Crippen molar-refractivity contribution in [1.82, 2.24) is 19.9 Å². The molecule has 0 unspecified atom stereocenters. The number of carbonyl (C=O) groups excluding carboxylic acids is 3. The normalized spacial score (nSPS) is 17.4. The lowest BCUT2D eigenvalue weighted by molar-refractivity contribution is -0.147. The molecule has 0 atom stereocenters. The molecule has 9 nitrogen and oxygen atoms in total. The first-order valence-corrected chi connectivity index (χ1v) is 8.64. The SMILES string of the molecule is COc1ccccc1-c1noc(C2CN(C(=O)CN3C(=O)CCC3=O)C2)n1. The van der Waals surface area contributed by atoms with Crippen molar-refractivity contribution >= 4 is 17.7 Å². The molecule has 9 heteroatoms. The third-order valence-electron chi connectivity index (χ3n) is 4.82.